The lowest BCUT2D eigenvalue weighted by atomic mass is 10.3. The van der Waals surface area contributed by atoms with Crippen LogP contribution in [0.15, 0.2) is 27.2 Å². The third-order valence-corrected chi connectivity index (χ3v) is 1.89. The second kappa shape index (κ2) is 3.31. The largest absolute Gasteiger partial charge is 0.456 e. The van der Waals surface area contributed by atoms with E-state index in [2.05, 4.69) is 4.98 Å². The Balaban J connectivity index is 2.33. The third-order valence-electron chi connectivity index (χ3n) is 1.89. The molecule has 0 amide bonds. The van der Waals surface area contributed by atoms with Crippen molar-refractivity contribution in [2.75, 3.05) is 0 Å². The second-order valence-corrected chi connectivity index (χ2v) is 3.15. The van der Waals surface area contributed by atoms with Gasteiger partial charge in [0.1, 0.15) is 11.9 Å². The quantitative estimate of drug-likeness (QED) is 0.794. The molecule has 2 heterocycles. The Morgan fingerprint density at radius 3 is 2.64 bits per heavy atom. The zero-order chi connectivity index (χ0) is 10.1. The molecule has 0 aliphatic carbocycles. The highest BCUT2D eigenvalue weighted by Gasteiger charge is 2.12. The van der Waals surface area contributed by atoms with Crippen molar-refractivity contribution < 1.29 is 13.9 Å². The first-order chi connectivity index (χ1) is 6.66. The van der Waals surface area contributed by atoms with E-state index in [4.69, 9.17) is 8.83 Å². The van der Waals surface area contributed by atoms with E-state index in [-0.39, 0.29) is 0 Å². The van der Waals surface area contributed by atoms with Gasteiger partial charge in [0.05, 0.1) is 6.20 Å². The highest BCUT2D eigenvalue weighted by Crippen LogP contribution is 2.23. The van der Waals surface area contributed by atoms with Gasteiger partial charge in [0, 0.05) is 0 Å². The number of aromatic nitrogens is 1. The number of oxazole rings is 1. The van der Waals surface area contributed by atoms with Crippen molar-refractivity contribution in [3.05, 3.63) is 29.9 Å². The number of hydrogen-bond donors (Lipinski definition) is 1. The molecule has 2 rings (SSSR count). The Labute approximate surface area is 81.2 Å². The Kier molecular flexibility index (Phi) is 2.13. The number of nitrogens with zero attached hydrogens (tertiary/aromatic N) is 1. The molecule has 74 valence electrons. The minimum atomic E-state index is -0.646. The van der Waals surface area contributed by atoms with E-state index in [1.165, 1.54) is 6.20 Å². The molecule has 2 aromatic heterocycles. The monoisotopic (exact) mass is 193 g/mol. The maximum atomic E-state index is 9.22. The van der Waals surface area contributed by atoms with Crippen molar-refractivity contribution in [2.24, 2.45) is 0 Å². The average molecular weight is 193 g/mol. The van der Waals surface area contributed by atoms with Crippen LogP contribution in [0.5, 0.6) is 0 Å². The number of furan rings is 1. The highest BCUT2D eigenvalue weighted by molar-refractivity contribution is 5.44. The van der Waals surface area contributed by atoms with E-state index >= 15 is 0 Å². The van der Waals surface area contributed by atoms with Crippen LogP contribution in [0, 0.1) is 6.92 Å². The SMILES string of the molecule is Cc1ccc(-c2ncc(C(C)O)o2)o1. The van der Waals surface area contributed by atoms with Gasteiger partial charge in [-0.05, 0) is 26.0 Å². The van der Waals surface area contributed by atoms with Gasteiger partial charge < -0.3 is 13.9 Å². The van der Waals surface area contributed by atoms with E-state index in [1.807, 2.05) is 13.0 Å². The van der Waals surface area contributed by atoms with Crippen LogP contribution in [0.25, 0.3) is 11.7 Å². The van der Waals surface area contributed by atoms with Crippen molar-refractivity contribution in [1.82, 2.24) is 4.98 Å². The molecule has 0 aromatic carbocycles. The zero-order valence-corrected chi connectivity index (χ0v) is 8.02. The summed E-state index contributed by atoms with van der Waals surface area (Å²) in [6.07, 6.45) is 0.852. The molecule has 0 saturated heterocycles. The van der Waals surface area contributed by atoms with Crippen LogP contribution in [-0.2, 0) is 0 Å². The van der Waals surface area contributed by atoms with E-state index < -0.39 is 6.10 Å². The molecule has 4 heteroatoms. The van der Waals surface area contributed by atoms with E-state index in [9.17, 15) is 5.11 Å². The summed E-state index contributed by atoms with van der Waals surface area (Å²) in [6, 6.07) is 3.62. The minimum absolute atomic E-state index is 0.397. The lowest BCUT2D eigenvalue weighted by Gasteiger charge is -1.95. The molecule has 0 saturated carbocycles. The van der Waals surface area contributed by atoms with Crippen LogP contribution < -0.4 is 0 Å². The molecule has 4 nitrogen and oxygen atoms in total. The Morgan fingerprint density at radius 2 is 2.14 bits per heavy atom. The van der Waals surface area contributed by atoms with Gasteiger partial charge in [-0.25, -0.2) is 4.98 Å². The van der Waals surface area contributed by atoms with E-state index in [1.54, 1.807) is 13.0 Å². The van der Waals surface area contributed by atoms with Crippen LogP contribution >= 0.6 is 0 Å². The molecule has 0 radical (unpaired) electrons. The van der Waals surface area contributed by atoms with Gasteiger partial charge in [0.2, 0.25) is 0 Å². The molecular formula is C10H11NO3. The smallest absolute Gasteiger partial charge is 0.263 e. The molecule has 0 spiro atoms. The maximum Gasteiger partial charge on any atom is 0.263 e. The summed E-state index contributed by atoms with van der Waals surface area (Å²) in [7, 11) is 0. The molecule has 0 aliphatic heterocycles. The molecule has 0 aliphatic rings. The van der Waals surface area contributed by atoms with Crippen LogP contribution in [0.4, 0.5) is 0 Å². The summed E-state index contributed by atoms with van der Waals surface area (Å²) in [6.45, 7) is 3.47. The standard InChI is InChI=1S/C10H11NO3/c1-6-3-4-8(13-6)10-11-5-9(14-10)7(2)12/h3-5,7,12H,1-2H3. The van der Waals surface area contributed by atoms with Crippen LogP contribution in [0.1, 0.15) is 24.5 Å². The first-order valence-corrected chi connectivity index (χ1v) is 4.37. The van der Waals surface area contributed by atoms with Crippen molar-refractivity contribution in [2.45, 2.75) is 20.0 Å². The van der Waals surface area contributed by atoms with Gasteiger partial charge in [-0.1, -0.05) is 0 Å². The number of aliphatic hydroxyl groups is 1. The number of hydrogen-bond acceptors (Lipinski definition) is 4. The Hall–Kier alpha value is -1.55. The number of aliphatic hydroxyl groups excluding tert-OH is 1. The highest BCUT2D eigenvalue weighted by atomic mass is 16.4. The average Bonchev–Trinajstić information content (AvgIpc) is 2.70. The van der Waals surface area contributed by atoms with E-state index in [0.717, 1.165) is 5.76 Å². The number of rotatable bonds is 2. The summed E-state index contributed by atoms with van der Waals surface area (Å²) in [5, 5.41) is 9.22. The minimum Gasteiger partial charge on any atom is -0.456 e. The fraction of sp³-hybridized carbons (Fsp3) is 0.300. The summed E-state index contributed by atoms with van der Waals surface area (Å²) >= 11 is 0. The topological polar surface area (TPSA) is 59.4 Å². The first kappa shape index (κ1) is 9.02. The van der Waals surface area contributed by atoms with Crippen molar-refractivity contribution in [1.29, 1.82) is 0 Å². The normalized spacial score (nSPS) is 13.1. The lowest BCUT2D eigenvalue weighted by molar-refractivity contribution is 0.170. The molecule has 1 N–H and O–H groups in total. The summed E-state index contributed by atoms with van der Waals surface area (Å²) in [4.78, 5) is 4.00. The predicted octanol–water partition coefficient (Wildman–Crippen LogP) is 2.30. The van der Waals surface area contributed by atoms with Crippen molar-refractivity contribution >= 4 is 0 Å². The molecule has 2 aromatic rings. The summed E-state index contributed by atoms with van der Waals surface area (Å²) in [5.74, 6) is 2.22. The molecule has 1 unspecified atom stereocenters. The van der Waals surface area contributed by atoms with Gasteiger partial charge in [0.15, 0.2) is 11.5 Å². The Bertz CT molecular complexity index is 428. The number of aryl methyl sites for hydroxylation is 1. The zero-order valence-electron chi connectivity index (χ0n) is 8.02. The Morgan fingerprint density at radius 1 is 1.36 bits per heavy atom. The van der Waals surface area contributed by atoms with Crippen LogP contribution in [0.2, 0.25) is 0 Å². The molecular weight excluding hydrogens is 182 g/mol. The molecule has 0 bridgehead atoms. The van der Waals surface area contributed by atoms with Gasteiger partial charge in [-0.3, -0.25) is 0 Å². The first-order valence-electron chi connectivity index (χ1n) is 4.37. The third kappa shape index (κ3) is 1.56. The molecule has 0 fully saturated rings. The predicted molar refractivity (Wildman–Crippen MR) is 49.6 cm³/mol. The van der Waals surface area contributed by atoms with Gasteiger partial charge in [-0.2, -0.15) is 0 Å². The molecule has 14 heavy (non-hydrogen) atoms. The van der Waals surface area contributed by atoms with Gasteiger partial charge in [-0.15, -0.1) is 0 Å². The second-order valence-electron chi connectivity index (χ2n) is 3.15. The van der Waals surface area contributed by atoms with Gasteiger partial charge >= 0.3 is 0 Å². The summed E-state index contributed by atoms with van der Waals surface area (Å²) < 4.78 is 10.6. The maximum absolute atomic E-state index is 9.22. The van der Waals surface area contributed by atoms with E-state index in [0.29, 0.717) is 17.4 Å². The van der Waals surface area contributed by atoms with Crippen molar-refractivity contribution in [3.63, 3.8) is 0 Å². The molecule has 1 atom stereocenters. The van der Waals surface area contributed by atoms with Crippen LogP contribution in [0.3, 0.4) is 0 Å². The van der Waals surface area contributed by atoms with Crippen LogP contribution in [-0.4, -0.2) is 10.1 Å². The lowest BCUT2D eigenvalue weighted by Crippen LogP contribution is -1.85. The fourth-order valence-electron chi connectivity index (χ4n) is 1.14. The van der Waals surface area contributed by atoms with Gasteiger partial charge in [0.25, 0.3) is 5.89 Å². The fourth-order valence-corrected chi connectivity index (χ4v) is 1.14. The summed E-state index contributed by atoms with van der Waals surface area (Å²) in [5.41, 5.74) is 0. The van der Waals surface area contributed by atoms with Crippen molar-refractivity contribution in [3.8, 4) is 11.7 Å².